The maximum atomic E-state index is 11.9. The highest BCUT2D eigenvalue weighted by molar-refractivity contribution is 5.86. The van der Waals surface area contributed by atoms with Crippen LogP contribution in [0, 0.1) is 6.92 Å². The molecule has 0 saturated carbocycles. The van der Waals surface area contributed by atoms with Crippen molar-refractivity contribution in [2.24, 2.45) is 0 Å². The van der Waals surface area contributed by atoms with Crippen LogP contribution < -0.4 is 5.32 Å². The number of benzene rings is 1. The number of hydrogen-bond acceptors (Lipinski definition) is 2. The highest BCUT2D eigenvalue weighted by Crippen LogP contribution is 2.22. The van der Waals surface area contributed by atoms with Crippen LogP contribution in [0.25, 0.3) is 10.9 Å². The van der Waals surface area contributed by atoms with Gasteiger partial charge in [-0.15, -0.1) is 0 Å². The molecule has 0 aliphatic heterocycles. The van der Waals surface area contributed by atoms with Gasteiger partial charge in [-0.05, 0) is 37.8 Å². The van der Waals surface area contributed by atoms with Crippen LogP contribution in [0.1, 0.15) is 37.3 Å². The molecule has 0 aliphatic carbocycles. The first kappa shape index (κ1) is 16.1. The van der Waals surface area contributed by atoms with E-state index in [-0.39, 0.29) is 18.4 Å². The number of aryl methyl sites for hydroxylation is 2. The number of carbonyl (C=O) groups excluding carboxylic acids is 1. The monoisotopic (exact) mass is 302 g/mol. The number of para-hydroxylation sites is 1. The van der Waals surface area contributed by atoms with E-state index in [0.29, 0.717) is 19.3 Å². The lowest BCUT2D eigenvalue weighted by Crippen LogP contribution is -2.33. The van der Waals surface area contributed by atoms with Gasteiger partial charge < -0.3 is 15.4 Å². The Kier molecular flexibility index (Phi) is 5.20. The van der Waals surface area contributed by atoms with Crippen molar-refractivity contribution in [2.75, 3.05) is 0 Å². The molecule has 0 fully saturated rings. The summed E-state index contributed by atoms with van der Waals surface area (Å²) >= 11 is 0. The Morgan fingerprint density at radius 2 is 2.09 bits per heavy atom. The fraction of sp³-hybridized carbons (Fsp3) is 0.412. The van der Waals surface area contributed by atoms with Crippen molar-refractivity contribution >= 4 is 22.8 Å². The molecule has 3 N–H and O–H groups in total. The van der Waals surface area contributed by atoms with Gasteiger partial charge >= 0.3 is 5.97 Å². The molecule has 5 heteroatoms. The first-order valence-corrected chi connectivity index (χ1v) is 7.54. The van der Waals surface area contributed by atoms with E-state index in [1.165, 1.54) is 5.56 Å². The lowest BCUT2D eigenvalue weighted by molar-refractivity contribution is -0.137. The smallest absolute Gasteiger partial charge is 0.303 e. The van der Waals surface area contributed by atoms with E-state index in [1.807, 2.05) is 19.2 Å². The normalized spacial score (nSPS) is 12.3. The van der Waals surface area contributed by atoms with E-state index >= 15 is 0 Å². The van der Waals surface area contributed by atoms with Crippen LogP contribution in [0.3, 0.4) is 0 Å². The van der Waals surface area contributed by atoms with Gasteiger partial charge in [0, 0.05) is 36.0 Å². The second kappa shape index (κ2) is 7.11. The summed E-state index contributed by atoms with van der Waals surface area (Å²) in [7, 11) is 0. The summed E-state index contributed by atoms with van der Waals surface area (Å²) in [6.07, 6.45) is 3.55. The number of aliphatic carboxylic acids is 1. The number of carbonyl (C=O) groups is 2. The average molecular weight is 302 g/mol. The number of nitrogens with one attached hydrogen (secondary N) is 2. The largest absolute Gasteiger partial charge is 0.481 e. The van der Waals surface area contributed by atoms with E-state index in [4.69, 9.17) is 5.11 Å². The Balaban J connectivity index is 1.88. The molecule has 0 saturated heterocycles. The van der Waals surface area contributed by atoms with Crippen LogP contribution >= 0.6 is 0 Å². The fourth-order valence-corrected chi connectivity index (χ4v) is 2.58. The molecule has 0 bridgehead atoms. The average Bonchev–Trinajstić information content (AvgIpc) is 2.87. The molecule has 1 amide bonds. The van der Waals surface area contributed by atoms with Crippen LogP contribution in [0.2, 0.25) is 0 Å². The minimum atomic E-state index is -0.838. The van der Waals surface area contributed by atoms with Crippen molar-refractivity contribution in [1.82, 2.24) is 10.3 Å². The van der Waals surface area contributed by atoms with E-state index in [0.717, 1.165) is 16.5 Å². The van der Waals surface area contributed by atoms with Crippen molar-refractivity contribution in [3.05, 3.63) is 35.5 Å². The maximum absolute atomic E-state index is 11.9. The van der Waals surface area contributed by atoms with Gasteiger partial charge in [0.05, 0.1) is 0 Å². The summed E-state index contributed by atoms with van der Waals surface area (Å²) in [6, 6.07) is 6.01. The molecule has 2 rings (SSSR count). The molecule has 1 atom stereocenters. The minimum absolute atomic E-state index is 0.0418. The number of rotatable bonds is 7. The molecule has 0 radical (unpaired) electrons. The van der Waals surface area contributed by atoms with E-state index in [2.05, 4.69) is 29.4 Å². The first-order valence-electron chi connectivity index (χ1n) is 7.54. The Hall–Kier alpha value is -2.30. The number of H-pyrrole nitrogens is 1. The van der Waals surface area contributed by atoms with Crippen molar-refractivity contribution in [2.45, 2.75) is 45.6 Å². The molecule has 5 nitrogen and oxygen atoms in total. The molecule has 1 unspecified atom stereocenters. The standard InChI is InChI=1S/C17H22N2O3/c1-11-4-3-5-14-13(10-18-17(11)14)7-8-15(20)19-12(2)6-9-16(21)22/h3-5,10,12,18H,6-9H2,1-2H3,(H,19,20)(H,21,22). The summed E-state index contributed by atoms with van der Waals surface area (Å²) in [5.74, 6) is -0.879. The molecular formula is C17H22N2O3. The number of carboxylic acid groups (broad SMARTS) is 1. The van der Waals surface area contributed by atoms with Crippen molar-refractivity contribution in [3.63, 3.8) is 0 Å². The maximum Gasteiger partial charge on any atom is 0.303 e. The predicted molar refractivity (Wildman–Crippen MR) is 85.8 cm³/mol. The van der Waals surface area contributed by atoms with Gasteiger partial charge in [0.25, 0.3) is 0 Å². The van der Waals surface area contributed by atoms with Crippen LogP contribution in [0.15, 0.2) is 24.4 Å². The van der Waals surface area contributed by atoms with Gasteiger partial charge in [-0.2, -0.15) is 0 Å². The summed E-state index contributed by atoms with van der Waals surface area (Å²) in [5, 5.41) is 12.6. The lowest BCUT2D eigenvalue weighted by atomic mass is 10.1. The van der Waals surface area contributed by atoms with Gasteiger partial charge in [0.15, 0.2) is 0 Å². The van der Waals surface area contributed by atoms with E-state index < -0.39 is 5.97 Å². The Morgan fingerprint density at radius 3 is 2.82 bits per heavy atom. The Morgan fingerprint density at radius 1 is 1.32 bits per heavy atom. The molecule has 1 aromatic carbocycles. The van der Waals surface area contributed by atoms with Crippen LogP contribution in [-0.4, -0.2) is 28.0 Å². The van der Waals surface area contributed by atoms with Crippen molar-refractivity contribution in [1.29, 1.82) is 0 Å². The quantitative estimate of drug-likeness (QED) is 0.735. The van der Waals surface area contributed by atoms with Crippen LogP contribution in [0.5, 0.6) is 0 Å². The molecule has 2 aromatic rings. The third-order valence-corrected chi connectivity index (χ3v) is 3.83. The first-order chi connectivity index (χ1) is 10.5. The highest BCUT2D eigenvalue weighted by atomic mass is 16.4. The zero-order valence-electron chi connectivity index (χ0n) is 13.0. The molecular weight excluding hydrogens is 280 g/mol. The van der Waals surface area contributed by atoms with Crippen LogP contribution in [0.4, 0.5) is 0 Å². The molecule has 1 heterocycles. The van der Waals surface area contributed by atoms with Crippen molar-refractivity contribution in [3.8, 4) is 0 Å². The zero-order chi connectivity index (χ0) is 16.1. The molecule has 1 aromatic heterocycles. The summed E-state index contributed by atoms with van der Waals surface area (Å²) < 4.78 is 0. The number of fused-ring (bicyclic) bond motifs is 1. The fourth-order valence-electron chi connectivity index (χ4n) is 2.58. The number of hydrogen-bond donors (Lipinski definition) is 3. The zero-order valence-corrected chi connectivity index (χ0v) is 13.0. The second-order valence-electron chi connectivity index (χ2n) is 5.71. The third kappa shape index (κ3) is 4.10. The van der Waals surface area contributed by atoms with Gasteiger partial charge in [-0.3, -0.25) is 9.59 Å². The summed E-state index contributed by atoms with van der Waals surface area (Å²) in [6.45, 7) is 3.88. The molecule has 22 heavy (non-hydrogen) atoms. The highest BCUT2D eigenvalue weighted by Gasteiger charge is 2.11. The number of aromatic amines is 1. The van der Waals surface area contributed by atoms with E-state index in [1.54, 1.807) is 0 Å². The predicted octanol–water partition coefficient (Wildman–Crippen LogP) is 2.78. The summed E-state index contributed by atoms with van der Waals surface area (Å²) in [5.41, 5.74) is 3.44. The van der Waals surface area contributed by atoms with Gasteiger partial charge in [-0.25, -0.2) is 0 Å². The number of amides is 1. The Bertz CT molecular complexity index is 676. The lowest BCUT2D eigenvalue weighted by Gasteiger charge is -2.12. The third-order valence-electron chi connectivity index (χ3n) is 3.83. The van der Waals surface area contributed by atoms with Gasteiger partial charge in [0.1, 0.15) is 0 Å². The van der Waals surface area contributed by atoms with E-state index in [9.17, 15) is 9.59 Å². The molecule has 0 spiro atoms. The van der Waals surface area contributed by atoms with Crippen LogP contribution in [-0.2, 0) is 16.0 Å². The van der Waals surface area contributed by atoms with Gasteiger partial charge in [-0.1, -0.05) is 18.2 Å². The Labute approximate surface area is 129 Å². The molecule has 0 aliphatic rings. The SMILES string of the molecule is Cc1cccc2c(CCC(=O)NC(C)CCC(=O)O)c[nH]c12. The summed E-state index contributed by atoms with van der Waals surface area (Å²) in [4.78, 5) is 25.7. The van der Waals surface area contributed by atoms with Crippen molar-refractivity contribution < 1.29 is 14.7 Å². The topological polar surface area (TPSA) is 82.2 Å². The molecule has 118 valence electrons. The van der Waals surface area contributed by atoms with Gasteiger partial charge in [0.2, 0.25) is 5.91 Å². The second-order valence-corrected chi connectivity index (χ2v) is 5.71. The minimum Gasteiger partial charge on any atom is -0.481 e. The number of carboxylic acids is 1. The number of aromatic nitrogens is 1.